The third-order valence-corrected chi connectivity index (χ3v) is 6.13. The van der Waals surface area contributed by atoms with Gasteiger partial charge in [0.2, 0.25) is 0 Å². The fraction of sp³-hybridized carbons (Fsp3) is 0.364. The third-order valence-electron chi connectivity index (χ3n) is 5.71. The second-order valence-corrected chi connectivity index (χ2v) is 8.85. The summed E-state index contributed by atoms with van der Waals surface area (Å²) in [7, 11) is -1.26. The van der Waals surface area contributed by atoms with Crippen molar-refractivity contribution in [2.24, 2.45) is 16.2 Å². The predicted octanol–water partition coefficient (Wildman–Crippen LogP) is 4.30. The molecule has 1 amide bonds. The van der Waals surface area contributed by atoms with Gasteiger partial charge in [0.1, 0.15) is 17.5 Å². The van der Waals surface area contributed by atoms with Gasteiger partial charge in [-0.3, -0.25) is 0 Å². The summed E-state index contributed by atoms with van der Waals surface area (Å²) in [5.41, 5.74) is 0.468. The molecule has 0 N–H and O–H groups in total. The number of rotatable bonds is 4. The number of benzene rings is 2. The maximum absolute atomic E-state index is 14.3. The number of nitrogens with zero attached hydrogens (tertiary/aromatic N) is 2. The molecule has 1 saturated carbocycles. The third kappa shape index (κ3) is 4.25. The van der Waals surface area contributed by atoms with Gasteiger partial charge < -0.3 is 0 Å². The summed E-state index contributed by atoms with van der Waals surface area (Å²) in [6, 6.07) is 7.44. The van der Waals surface area contributed by atoms with Crippen molar-refractivity contribution in [3.8, 4) is 11.1 Å². The molecule has 0 spiro atoms. The molecule has 2 fully saturated rings. The molecular formula is C22H21F3N2O2S. The molecule has 1 aliphatic heterocycles. The van der Waals surface area contributed by atoms with Gasteiger partial charge in [-0.1, -0.05) is 6.07 Å². The van der Waals surface area contributed by atoms with Crippen LogP contribution >= 0.6 is 0 Å². The van der Waals surface area contributed by atoms with Crippen molar-refractivity contribution in [1.29, 1.82) is 0 Å². The molecule has 30 heavy (non-hydrogen) atoms. The summed E-state index contributed by atoms with van der Waals surface area (Å²) in [4.78, 5) is 14.7. The predicted molar refractivity (Wildman–Crippen MR) is 110 cm³/mol. The number of carbonyl (C=O) groups is 1. The molecule has 1 saturated heterocycles. The van der Waals surface area contributed by atoms with Crippen molar-refractivity contribution >= 4 is 22.9 Å². The van der Waals surface area contributed by atoms with Crippen LogP contribution in [0.1, 0.15) is 24.3 Å². The molecule has 2 aromatic carbocycles. The summed E-state index contributed by atoms with van der Waals surface area (Å²) in [5, 5.41) is 0. The maximum atomic E-state index is 14.3. The van der Waals surface area contributed by atoms with Gasteiger partial charge >= 0.3 is 126 Å². The van der Waals surface area contributed by atoms with Crippen molar-refractivity contribution < 1.29 is 22.0 Å². The van der Waals surface area contributed by atoms with E-state index in [1.54, 1.807) is 11.1 Å². The van der Waals surface area contributed by atoms with Crippen LogP contribution in [0.15, 0.2) is 40.8 Å². The number of carbonyl (C=O) groups excluding carboxylic acids is 1. The Hall–Kier alpha value is -2.32. The summed E-state index contributed by atoms with van der Waals surface area (Å²) in [6.45, 7) is 1.11. The standard InChI is InChI=1S/C22H21F3N2O2S/c1-30(29)26-11-13-7-8-27(12-13)22(28)18-10-16(18)15-6-5-14(23)9-17(15)21-19(24)3-2-4-20(21)25/h2-6,9,11,13,16,18H,7-8,10,12H2,1H3/b26-11-. The summed E-state index contributed by atoms with van der Waals surface area (Å²) < 4.78 is 57.6. The van der Waals surface area contributed by atoms with Gasteiger partial charge in [0, 0.05) is 0 Å². The van der Waals surface area contributed by atoms with Crippen LogP contribution in [0, 0.1) is 29.3 Å². The van der Waals surface area contributed by atoms with Crippen LogP contribution < -0.4 is 0 Å². The first kappa shape index (κ1) is 20.9. The molecule has 8 heteroatoms. The van der Waals surface area contributed by atoms with Crippen LogP contribution in [0.3, 0.4) is 0 Å². The number of hydrogen-bond acceptors (Lipinski definition) is 3. The van der Waals surface area contributed by atoms with E-state index in [0.29, 0.717) is 25.1 Å². The first-order chi connectivity index (χ1) is 14.3. The van der Waals surface area contributed by atoms with E-state index in [1.807, 2.05) is 0 Å². The Morgan fingerprint density at radius 3 is 2.67 bits per heavy atom. The first-order valence-corrected chi connectivity index (χ1v) is 11.3. The molecule has 2 aliphatic rings. The SMILES string of the molecule is C[S-](#[O+])/N=C\C1CCN(C(=O)C2CC2c2ccc(F)cc2-c2c(F)cccc2F)C1. The second kappa shape index (κ2) is 8.43. The fourth-order valence-electron chi connectivity index (χ4n) is 4.15. The molecule has 3 atom stereocenters. The van der Waals surface area contributed by atoms with E-state index in [2.05, 4.69) is 4.40 Å². The Kier molecular flexibility index (Phi) is 5.88. The van der Waals surface area contributed by atoms with Gasteiger partial charge in [-0.25, -0.2) is 13.2 Å². The minimum atomic E-state index is -1.26. The van der Waals surface area contributed by atoms with Crippen LogP contribution in [0.4, 0.5) is 13.2 Å². The van der Waals surface area contributed by atoms with Gasteiger partial charge in [0.05, 0.1) is 0 Å². The van der Waals surface area contributed by atoms with Crippen molar-refractivity contribution in [3.05, 3.63) is 59.4 Å². The molecular weight excluding hydrogens is 413 g/mol. The topological polar surface area (TPSA) is 52.6 Å². The van der Waals surface area contributed by atoms with Crippen molar-refractivity contribution in [3.63, 3.8) is 0 Å². The zero-order chi connectivity index (χ0) is 21.4. The Morgan fingerprint density at radius 2 is 1.97 bits per heavy atom. The molecule has 2 aromatic rings. The summed E-state index contributed by atoms with van der Waals surface area (Å²) in [6.07, 6.45) is 4.45. The van der Waals surface area contributed by atoms with Crippen LogP contribution in [0.25, 0.3) is 11.1 Å². The molecule has 1 aliphatic carbocycles. The van der Waals surface area contributed by atoms with Crippen LogP contribution in [0.5, 0.6) is 0 Å². The fourth-order valence-corrected chi connectivity index (χ4v) is 4.49. The van der Waals surface area contributed by atoms with Gasteiger partial charge in [0.25, 0.3) is 0 Å². The van der Waals surface area contributed by atoms with E-state index in [-0.39, 0.29) is 34.8 Å². The zero-order valence-electron chi connectivity index (χ0n) is 16.4. The molecule has 4 rings (SSSR count). The molecule has 0 bridgehead atoms. The van der Waals surface area contributed by atoms with Crippen molar-refractivity contribution in [2.75, 3.05) is 19.3 Å². The van der Waals surface area contributed by atoms with Crippen LogP contribution in [-0.2, 0) is 19.7 Å². The average Bonchev–Trinajstić information content (AvgIpc) is 3.34. The number of amides is 1. The van der Waals surface area contributed by atoms with E-state index in [1.165, 1.54) is 24.5 Å². The molecule has 158 valence electrons. The first-order valence-electron chi connectivity index (χ1n) is 9.75. The van der Waals surface area contributed by atoms with E-state index >= 15 is 0 Å². The van der Waals surface area contributed by atoms with E-state index < -0.39 is 28.3 Å². The van der Waals surface area contributed by atoms with Crippen molar-refractivity contribution in [1.82, 2.24) is 4.90 Å². The molecule has 0 aromatic heterocycles. The second-order valence-electron chi connectivity index (χ2n) is 7.79. The van der Waals surface area contributed by atoms with Crippen LogP contribution in [0.2, 0.25) is 0 Å². The summed E-state index contributed by atoms with van der Waals surface area (Å²) >= 11 is 0. The minimum absolute atomic E-state index is 0.0159. The Balaban J connectivity index is 1.54. The monoisotopic (exact) mass is 434 g/mol. The van der Waals surface area contributed by atoms with Gasteiger partial charge in [-0.2, -0.15) is 0 Å². The number of halogens is 3. The van der Waals surface area contributed by atoms with E-state index in [4.69, 9.17) is 0 Å². The van der Waals surface area contributed by atoms with Crippen molar-refractivity contribution in [2.45, 2.75) is 18.8 Å². The Labute approximate surface area is 175 Å². The van der Waals surface area contributed by atoms with Gasteiger partial charge in [0.15, 0.2) is 0 Å². The van der Waals surface area contributed by atoms with E-state index in [0.717, 1.165) is 24.6 Å². The normalized spacial score (nSPS) is 23.5. The summed E-state index contributed by atoms with van der Waals surface area (Å²) in [5.74, 6) is -2.56. The van der Waals surface area contributed by atoms with Gasteiger partial charge in [-0.15, -0.1) is 0 Å². The Bertz CT molecular complexity index is 1080. The molecule has 0 radical (unpaired) electrons. The Morgan fingerprint density at radius 1 is 1.23 bits per heavy atom. The molecule has 4 nitrogen and oxygen atoms in total. The number of likely N-dealkylation sites (tertiary alicyclic amines) is 1. The van der Waals surface area contributed by atoms with E-state index in [9.17, 15) is 22.0 Å². The molecule has 3 unspecified atom stereocenters. The zero-order valence-corrected chi connectivity index (χ0v) is 17.2. The molecule has 1 heterocycles. The quantitative estimate of drug-likeness (QED) is 0.402. The average molecular weight is 434 g/mol. The van der Waals surface area contributed by atoms with Crippen LogP contribution in [-0.4, -0.2) is 36.4 Å². The number of hydrogen-bond donors (Lipinski definition) is 0. The van der Waals surface area contributed by atoms with Gasteiger partial charge in [-0.05, 0) is 12.1 Å².